The van der Waals surface area contributed by atoms with Crippen molar-refractivity contribution in [2.45, 2.75) is 39.8 Å². The molecular weight excluding hydrogens is 138 g/mol. The third-order valence-electron chi connectivity index (χ3n) is 1.63. The normalized spacial score (nSPS) is 11.5. The Morgan fingerprint density at radius 2 is 1.91 bits per heavy atom. The molecule has 0 aliphatic rings. The fraction of sp³-hybridized carbons (Fsp3) is 0.750. The van der Waals surface area contributed by atoms with E-state index < -0.39 is 0 Å². The van der Waals surface area contributed by atoms with Gasteiger partial charge in [-0.1, -0.05) is 0 Å². The summed E-state index contributed by atoms with van der Waals surface area (Å²) in [6.45, 7) is 8.57. The van der Waals surface area contributed by atoms with Crippen molar-refractivity contribution in [3.05, 3.63) is 12.4 Å². The maximum Gasteiger partial charge on any atom is 0.206 e. The zero-order chi connectivity index (χ0) is 8.43. The molecule has 0 aliphatic heterocycles. The topological polar surface area (TPSA) is 21.7 Å². The highest BCUT2D eigenvalue weighted by molar-refractivity contribution is 4.55. The van der Waals surface area contributed by atoms with Gasteiger partial charge in [0.25, 0.3) is 0 Å². The second-order valence-electron chi connectivity index (χ2n) is 3.30. The Kier molecular flexibility index (Phi) is 2.27. The molecule has 1 aromatic heterocycles. The summed E-state index contributed by atoms with van der Waals surface area (Å²) < 4.78 is 2.13. The second kappa shape index (κ2) is 3.03. The lowest BCUT2D eigenvalue weighted by Crippen LogP contribution is -2.45. The largest absolute Gasteiger partial charge is 0.206 e. The van der Waals surface area contributed by atoms with Gasteiger partial charge in [0.2, 0.25) is 6.20 Å². The van der Waals surface area contributed by atoms with Crippen molar-refractivity contribution in [1.29, 1.82) is 0 Å². The van der Waals surface area contributed by atoms with Crippen LogP contribution in [-0.4, -0.2) is 9.90 Å². The number of hydrogen-bond acceptors (Lipinski definition) is 1. The zero-order valence-electron chi connectivity index (χ0n) is 7.65. The van der Waals surface area contributed by atoms with Gasteiger partial charge in [0, 0.05) is 5.10 Å². The molecule has 1 heterocycles. The van der Waals surface area contributed by atoms with Crippen molar-refractivity contribution in [2.75, 3.05) is 0 Å². The van der Waals surface area contributed by atoms with Crippen molar-refractivity contribution in [1.82, 2.24) is 9.90 Å². The molecule has 62 valence electrons. The molecule has 0 amide bonds. The van der Waals surface area contributed by atoms with Gasteiger partial charge in [-0.3, -0.25) is 0 Å². The molecule has 0 fully saturated rings. The smallest absolute Gasteiger partial charge is 0.158 e. The molecule has 0 aliphatic carbocycles. The Balaban J connectivity index is 2.96. The van der Waals surface area contributed by atoms with E-state index in [9.17, 15) is 0 Å². The van der Waals surface area contributed by atoms with Gasteiger partial charge in [0.1, 0.15) is 12.1 Å². The molecular formula is C8H16N3+. The Morgan fingerprint density at radius 3 is 2.27 bits per heavy atom. The number of rotatable bonds is 2. The highest BCUT2D eigenvalue weighted by Crippen LogP contribution is 1.98. The highest BCUT2D eigenvalue weighted by Gasteiger charge is 2.14. The first-order valence-corrected chi connectivity index (χ1v) is 4.08. The second-order valence-corrected chi connectivity index (χ2v) is 3.30. The van der Waals surface area contributed by atoms with Crippen LogP contribution in [0.5, 0.6) is 0 Å². The van der Waals surface area contributed by atoms with E-state index in [1.165, 1.54) is 0 Å². The average molecular weight is 154 g/mol. The number of hydrogen-bond donors (Lipinski definition) is 0. The van der Waals surface area contributed by atoms with Crippen LogP contribution >= 0.6 is 0 Å². The van der Waals surface area contributed by atoms with E-state index in [2.05, 4.69) is 37.5 Å². The molecule has 0 radical (unpaired) electrons. The molecule has 0 saturated heterocycles. The van der Waals surface area contributed by atoms with Gasteiger partial charge in [-0.15, -0.1) is 0 Å². The van der Waals surface area contributed by atoms with Crippen molar-refractivity contribution >= 4 is 0 Å². The Bertz CT molecular complexity index is 202. The van der Waals surface area contributed by atoms with Gasteiger partial charge < -0.3 is 0 Å². The van der Waals surface area contributed by atoms with Crippen molar-refractivity contribution < 1.29 is 4.68 Å². The molecule has 1 aromatic rings. The summed E-state index contributed by atoms with van der Waals surface area (Å²) in [7, 11) is 0. The van der Waals surface area contributed by atoms with Crippen LogP contribution in [0, 0.1) is 0 Å². The fourth-order valence-electron chi connectivity index (χ4n) is 1.10. The molecule has 3 heteroatoms. The van der Waals surface area contributed by atoms with E-state index in [-0.39, 0.29) is 0 Å². The molecule has 0 spiro atoms. The lowest BCUT2D eigenvalue weighted by Gasteiger charge is -2.06. The predicted molar refractivity (Wildman–Crippen MR) is 43.2 cm³/mol. The van der Waals surface area contributed by atoms with Crippen LogP contribution in [0.2, 0.25) is 0 Å². The summed E-state index contributed by atoms with van der Waals surface area (Å²) >= 11 is 0. The molecule has 0 N–H and O–H groups in total. The summed E-state index contributed by atoms with van der Waals surface area (Å²) in [5.74, 6) is 0. The number of aromatic nitrogens is 3. The minimum atomic E-state index is 0.437. The third kappa shape index (κ3) is 1.59. The molecule has 1 rings (SSSR count). The molecule has 11 heavy (non-hydrogen) atoms. The molecule has 0 aromatic carbocycles. The van der Waals surface area contributed by atoms with E-state index in [4.69, 9.17) is 0 Å². The van der Waals surface area contributed by atoms with Crippen LogP contribution < -0.4 is 4.68 Å². The van der Waals surface area contributed by atoms with Crippen molar-refractivity contribution in [3.63, 3.8) is 0 Å². The van der Waals surface area contributed by atoms with Gasteiger partial charge in [-0.05, 0) is 32.5 Å². The van der Waals surface area contributed by atoms with Crippen LogP contribution in [0.15, 0.2) is 12.4 Å². The maximum absolute atomic E-state index is 4.22. The zero-order valence-corrected chi connectivity index (χ0v) is 7.65. The van der Waals surface area contributed by atoms with Crippen molar-refractivity contribution in [3.8, 4) is 0 Å². The average Bonchev–Trinajstić information content (AvgIpc) is 2.32. The van der Waals surface area contributed by atoms with E-state index in [1.807, 2.05) is 17.2 Å². The van der Waals surface area contributed by atoms with E-state index in [1.54, 1.807) is 0 Å². The van der Waals surface area contributed by atoms with Crippen LogP contribution in [0.4, 0.5) is 0 Å². The first kappa shape index (κ1) is 8.24. The van der Waals surface area contributed by atoms with Crippen LogP contribution in [-0.2, 0) is 0 Å². The SMILES string of the molecule is CC(C)n1ncc[n+]1C(C)C. The van der Waals surface area contributed by atoms with Crippen molar-refractivity contribution in [2.24, 2.45) is 0 Å². The Morgan fingerprint density at radius 1 is 1.27 bits per heavy atom. The molecule has 3 nitrogen and oxygen atoms in total. The third-order valence-corrected chi connectivity index (χ3v) is 1.63. The first-order chi connectivity index (χ1) is 5.13. The molecule has 0 unspecified atom stereocenters. The first-order valence-electron chi connectivity index (χ1n) is 4.08. The summed E-state index contributed by atoms with van der Waals surface area (Å²) in [6, 6.07) is 0.923. The summed E-state index contributed by atoms with van der Waals surface area (Å²) in [4.78, 5) is 1.99. The highest BCUT2D eigenvalue weighted by atomic mass is 15.6. The monoisotopic (exact) mass is 154 g/mol. The van der Waals surface area contributed by atoms with E-state index >= 15 is 0 Å². The number of nitrogens with zero attached hydrogens (tertiary/aromatic N) is 3. The van der Waals surface area contributed by atoms with Gasteiger partial charge in [0.15, 0.2) is 6.20 Å². The molecule has 0 atom stereocenters. The van der Waals surface area contributed by atoms with Crippen LogP contribution in [0.3, 0.4) is 0 Å². The van der Waals surface area contributed by atoms with Gasteiger partial charge >= 0.3 is 0 Å². The maximum atomic E-state index is 4.22. The summed E-state index contributed by atoms with van der Waals surface area (Å²) in [5.41, 5.74) is 0. The lowest BCUT2D eigenvalue weighted by atomic mass is 10.4. The fourth-order valence-corrected chi connectivity index (χ4v) is 1.10. The van der Waals surface area contributed by atoms with E-state index in [0.29, 0.717) is 12.1 Å². The van der Waals surface area contributed by atoms with Gasteiger partial charge in [-0.2, -0.15) is 4.68 Å². The minimum Gasteiger partial charge on any atom is -0.158 e. The van der Waals surface area contributed by atoms with Crippen LogP contribution in [0.1, 0.15) is 39.8 Å². The van der Waals surface area contributed by atoms with E-state index in [0.717, 1.165) is 0 Å². The lowest BCUT2D eigenvalue weighted by molar-refractivity contribution is -0.798. The molecule has 0 bridgehead atoms. The minimum absolute atomic E-state index is 0.437. The summed E-state index contributed by atoms with van der Waals surface area (Å²) in [5, 5.41) is 4.22. The quantitative estimate of drug-likeness (QED) is 0.589. The molecule has 0 saturated carbocycles. The Hall–Kier alpha value is -0.860. The van der Waals surface area contributed by atoms with Gasteiger partial charge in [-0.25, -0.2) is 0 Å². The van der Waals surface area contributed by atoms with Gasteiger partial charge in [0.05, 0.1) is 0 Å². The summed E-state index contributed by atoms with van der Waals surface area (Å²) in [6.07, 6.45) is 3.84. The standard InChI is InChI=1S/C8H16N3/c1-7(2)10-6-5-9-11(10)8(3)4/h5-8H,1-4H3/q+1. The Labute approximate surface area is 67.6 Å². The predicted octanol–water partition coefficient (Wildman–Crippen LogP) is 1.33. The van der Waals surface area contributed by atoms with Crippen LogP contribution in [0.25, 0.3) is 0 Å².